The summed E-state index contributed by atoms with van der Waals surface area (Å²) in [5.41, 5.74) is 7.85. The predicted octanol–water partition coefficient (Wildman–Crippen LogP) is 6.07. The van der Waals surface area contributed by atoms with Crippen molar-refractivity contribution in [2.24, 2.45) is 5.92 Å². The van der Waals surface area contributed by atoms with Crippen LogP contribution in [0.25, 0.3) is 0 Å². The van der Waals surface area contributed by atoms with Crippen LogP contribution in [-0.4, -0.2) is 18.1 Å². The maximum absolute atomic E-state index is 11.8. The molecule has 0 aliphatic heterocycles. The van der Waals surface area contributed by atoms with Gasteiger partial charge in [0.15, 0.2) is 0 Å². The Hall–Kier alpha value is -2.16. The van der Waals surface area contributed by atoms with Gasteiger partial charge in [-0.1, -0.05) is 45.9 Å². The van der Waals surface area contributed by atoms with Crippen LogP contribution in [0.5, 0.6) is 0 Å². The number of methoxy groups -OCH3 is 1. The van der Waals surface area contributed by atoms with Crippen LogP contribution in [0, 0.1) is 12.8 Å². The van der Waals surface area contributed by atoms with Crippen molar-refractivity contribution in [3.63, 3.8) is 0 Å². The van der Waals surface area contributed by atoms with Crippen molar-refractivity contribution in [2.75, 3.05) is 7.11 Å². The summed E-state index contributed by atoms with van der Waals surface area (Å²) in [5.74, 6) is 0.631. The third-order valence-corrected chi connectivity index (χ3v) is 7.21. The third-order valence-electron chi connectivity index (χ3n) is 7.21. The fraction of sp³-hybridized carbons (Fsp3) is 0.538. The number of ether oxygens (including phenoxy) is 1. The summed E-state index contributed by atoms with van der Waals surface area (Å²) >= 11 is 0. The first-order chi connectivity index (χ1) is 13.6. The van der Waals surface area contributed by atoms with Crippen molar-refractivity contribution in [3.8, 4) is 0 Å². The standard InChI is InChI=1S/C26H33NO2/c1-16-13-20-21(26(4,5)12-11-25(20,2)3)14-19(16)23(17-7-8-17)18-9-10-22(27-15-18)24(28)29-6/h9-10,13-15,17,23H,7-8,11-12H2,1-6H3. The molecule has 154 valence electrons. The first-order valence-electron chi connectivity index (χ1n) is 10.8. The average molecular weight is 392 g/mol. The molecule has 0 radical (unpaired) electrons. The second-order valence-corrected chi connectivity index (χ2v) is 10.3. The van der Waals surface area contributed by atoms with Gasteiger partial charge in [0.25, 0.3) is 0 Å². The number of benzene rings is 1. The summed E-state index contributed by atoms with van der Waals surface area (Å²) in [6, 6.07) is 8.83. The molecule has 29 heavy (non-hydrogen) atoms. The Morgan fingerprint density at radius 1 is 1.07 bits per heavy atom. The monoisotopic (exact) mass is 391 g/mol. The summed E-state index contributed by atoms with van der Waals surface area (Å²) in [6.07, 6.45) is 6.85. The van der Waals surface area contributed by atoms with E-state index in [1.165, 1.54) is 60.6 Å². The molecule has 3 heteroatoms. The highest BCUT2D eigenvalue weighted by Crippen LogP contribution is 2.51. The van der Waals surface area contributed by atoms with Crippen molar-refractivity contribution >= 4 is 5.97 Å². The van der Waals surface area contributed by atoms with Crippen LogP contribution >= 0.6 is 0 Å². The van der Waals surface area contributed by atoms with Gasteiger partial charge in [-0.15, -0.1) is 0 Å². The number of hydrogen-bond acceptors (Lipinski definition) is 3. The number of fused-ring (bicyclic) bond motifs is 1. The summed E-state index contributed by atoms with van der Waals surface area (Å²) < 4.78 is 4.80. The fourth-order valence-electron chi connectivity index (χ4n) is 5.02. The van der Waals surface area contributed by atoms with Crippen molar-refractivity contribution < 1.29 is 9.53 Å². The van der Waals surface area contributed by atoms with E-state index in [1.807, 2.05) is 6.20 Å². The SMILES string of the molecule is COC(=O)c1ccc(C(c2cc3c(cc2C)C(C)(C)CCC3(C)C)C2CC2)cn1. The molecule has 0 spiro atoms. The molecule has 0 bridgehead atoms. The Bertz CT molecular complexity index is 936. The molecule has 1 aromatic heterocycles. The Labute approximate surface area is 174 Å². The Morgan fingerprint density at radius 2 is 1.69 bits per heavy atom. The van der Waals surface area contributed by atoms with Gasteiger partial charge in [0.05, 0.1) is 7.11 Å². The summed E-state index contributed by atoms with van der Waals surface area (Å²) in [5, 5.41) is 0. The maximum atomic E-state index is 11.8. The first kappa shape index (κ1) is 20.1. The van der Waals surface area contributed by atoms with E-state index in [2.05, 4.69) is 57.8 Å². The highest BCUT2D eigenvalue weighted by Gasteiger charge is 2.40. The molecule has 0 saturated heterocycles. The molecular formula is C26H33NO2. The zero-order valence-electron chi connectivity index (χ0n) is 18.6. The highest BCUT2D eigenvalue weighted by molar-refractivity contribution is 5.87. The average Bonchev–Trinajstić information content (AvgIpc) is 3.51. The van der Waals surface area contributed by atoms with Crippen LogP contribution in [0.15, 0.2) is 30.5 Å². The van der Waals surface area contributed by atoms with Gasteiger partial charge in [-0.3, -0.25) is 0 Å². The number of nitrogens with zero attached hydrogens (tertiary/aromatic N) is 1. The number of carbonyl (C=O) groups excluding carboxylic acids is 1. The molecule has 2 aliphatic rings. The molecule has 1 aromatic carbocycles. The molecule has 2 aromatic rings. The lowest BCUT2D eigenvalue weighted by molar-refractivity contribution is 0.0594. The van der Waals surface area contributed by atoms with E-state index in [4.69, 9.17) is 4.74 Å². The second-order valence-electron chi connectivity index (χ2n) is 10.3. The molecule has 0 N–H and O–H groups in total. The van der Waals surface area contributed by atoms with Crippen molar-refractivity contribution in [3.05, 3.63) is 64.0 Å². The number of rotatable bonds is 4. The van der Waals surface area contributed by atoms with Crippen LogP contribution in [0.3, 0.4) is 0 Å². The molecule has 2 aliphatic carbocycles. The predicted molar refractivity (Wildman–Crippen MR) is 117 cm³/mol. The second kappa shape index (κ2) is 6.97. The minimum Gasteiger partial charge on any atom is -0.464 e. The molecule has 3 nitrogen and oxygen atoms in total. The molecule has 1 atom stereocenters. The van der Waals surface area contributed by atoms with E-state index >= 15 is 0 Å². The number of aromatic nitrogens is 1. The minimum absolute atomic E-state index is 0.203. The smallest absolute Gasteiger partial charge is 0.356 e. The molecule has 1 unspecified atom stereocenters. The molecule has 1 saturated carbocycles. The quantitative estimate of drug-likeness (QED) is 0.594. The Balaban J connectivity index is 1.80. The summed E-state index contributed by atoms with van der Waals surface area (Å²) in [7, 11) is 1.39. The zero-order chi connectivity index (χ0) is 21.0. The molecule has 1 heterocycles. The van der Waals surface area contributed by atoms with Crippen LogP contribution in [0.1, 0.15) is 97.6 Å². The fourth-order valence-corrected chi connectivity index (χ4v) is 5.02. The largest absolute Gasteiger partial charge is 0.464 e. The van der Waals surface area contributed by atoms with Gasteiger partial charge in [0, 0.05) is 12.1 Å². The lowest BCUT2D eigenvalue weighted by atomic mass is 9.62. The topological polar surface area (TPSA) is 39.2 Å². The number of esters is 1. The van der Waals surface area contributed by atoms with Gasteiger partial charge < -0.3 is 4.74 Å². The number of hydrogen-bond donors (Lipinski definition) is 0. The van der Waals surface area contributed by atoms with Crippen LogP contribution in [-0.2, 0) is 15.6 Å². The van der Waals surface area contributed by atoms with E-state index in [-0.39, 0.29) is 16.8 Å². The third kappa shape index (κ3) is 3.60. The van der Waals surface area contributed by atoms with Crippen molar-refractivity contribution in [1.29, 1.82) is 0 Å². The van der Waals surface area contributed by atoms with Crippen LogP contribution in [0.4, 0.5) is 0 Å². The van der Waals surface area contributed by atoms with Gasteiger partial charge >= 0.3 is 5.97 Å². The minimum atomic E-state index is -0.381. The number of carbonyl (C=O) groups is 1. The number of pyridine rings is 1. The Morgan fingerprint density at radius 3 is 2.21 bits per heavy atom. The van der Waals surface area contributed by atoms with E-state index in [0.717, 1.165) is 0 Å². The van der Waals surface area contributed by atoms with Gasteiger partial charge in [-0.2, -0.15) is 0 Å². The van der Waals surface area contributed by atoms with Crippen LogP contribution in [0.2, 0.25) is 0 Å². The number of aryl methyl sites for hydroxylation is 1. The molecule has 4 rings (SSSR count). The lowest BCUT2D eigenvalue weighted by Gasteiger charge is -2.43. The van der Waals surface area contributed by atoms with Gasteiger partial charge in [0.1, 0.15) is 5.69 Å². The molecular weight excluding hydrogens is 358 g/mol. The van der Waals surface area contributed by atoms with E-state index in [9.17, 15) is 4.79 Å². The Kier molecular flexibility index (Phi) is 4.83. The van der Waals surface area contributed by atoms with Gasteiger partial charge in [-0.05, 0) is 83.2 Å². The lowest BCUT2D eigenvalue weighted by Crippen LogP contribution is -2.34. The maximum Gasteiger partial charge on any atom is 0.356 e. The highest BCUT2D eigenvalue weighted by atomic mass is 16.5. The van der Waals surface area contributed by atoms with Crippen LogP contribution < -0.4 is 0 Å². The summed E-state index contributed by atoms with van der Waals surface area (Å²) in [4.78, 5) is 16.2. The summed E-state index contributed by atoms with van der Waals surface area (Å²) in [6.45, 7) is 11.8. The van der Waals surface area contributed by atoms with Gasteiger partial charge in [-0.25, -0.2) is 9.78 Å². The van der Waals surface area contributed by atoms with Crippen molar-refractivity contribution in [1.82, 2.24) is 4.98 Å². The normalized spacial score (nSPS) is 20.6. The van der Waals surface area contributed by atoms with E-state index in [1.54, 1.807) is 6.07 Å². The molecule has 1 fully saturated rings. The zero-order valence-corrected chi connectivity index (χ0v) is 18.6. The molecule has 0 amide bonds. The van der Waals surface area contributed by atoms with E-state index < -0.39 is 0 Å². The van der Waals surface area contributed by atoms with E-state index in [0.29, 0.717) is 17.5 Å². The first-order valence-corrected chi connectivity index (χ1v) is 10.8. The van der Waals surface area contributed by atoms with Gasteiger partial charge in [0.2, 0.25) is 0 Å². The van der Waals surface area contributed by atoms with Crippen molar-refractivity contribution in [2.45, 2.75) is 77.0 Å².